The van der Waals surface area contributed by atoms with Gasteiger partial charge < -0.3 is 14.7 Å². The number of benzene rings is 3. The summed E-state index contributed by atoms with van der Waals surface area (Å²) >= 11 is 0. The predicted molar refractivity (Wildman–Crippen MR) is 124 cm³/mol. The van der Waals surface area contributed by atoms with Crippen molar-refractivity contribution in [1.29, 1.82) is 0 Å². The molecule has 158 valence electrons. The lowest BCUT2D eigenvalue weighted by atomic mass is 9.72. The first-order valence-electron chi connectivity index (χ1n) is 10.7. The van der Waals surface area contributed by atoms with Crippen LogP contribution in [0, 0.1) is 0 Å². The molecule has 3 aromatic rings. The van der Waals surface area contributed by atoms with E-state index < -0.39 is 5.60 Å². The third-order valence-corrected chi connectivity index (χ3v) is 5.58. The van der Waals surface area contributed by atoms with Gasteiger partial charge >= 0.3 is 0 Å². The fourth-order valence-corrected chi connectivity index (χ4v) is 4.29. The molecule has 30 heavy (non-hydrogen) atoms. The first kappa shape index (κ1) is 22.1. The van der Waals surface area contributed by atoms with E-state index in [4.69, 9.17) is 4.74 Å². The predicted octanol–water partition coefficient (Wildman–Crippen LogP) is 5.45. The van der Waals surface area contributed by atoms with E-state index in [0.717, 1.165) is 35.4 Å². The first-order chi connectivity index (χ1) is 14.4. The maximum absolute atomic E-state index is 12.2. The third-order valence-electron chi connectivity index (χ3n) is 5.58. The maximum atomic E-state index is 12.2. The van der Waals surface area contributed by atoms with E-state index in [-0.39, 0.29) is 12.0 Å². The molecule has 0 bridgehead atoms. The summed E-state index contributed by atoms with van der Waals surface area (Å²) in [5.74, 6) is 0.747. The molecule has 0 saturated heterocycles. The Kier molecular flexibility index (Phi) is 7.30. The van der Waals surface area contributed by atoms with Crippen LogP contribution in [-0.2, 0) is 5.60 Å². The highest BCUT2D eigenvalue weighted by Gasteiger charge is 2.40. The average Bonchev–Trinajstić information content (AvgIpc) is 2.75. The zero-order chi connectivity index (χ0) is 21.6. The minimum absolute atomic E-state index is 0.0690. The number of aliphatic hydroxyl groups is 1. The van der Waals surface area contributed by atoms with Crippen molar-refractivity contribution in [1.82, 2.24) is 4.90 Å². The van der Waals surface area contributed by atoms with Crippen LogP contribution < -0.4 is 4.74 Å². The number of rotatable bonds is 9. The van der Waals surface area contributed by atoms with Crippen LogP contribution in [0.2, 0.25) is 0 Å². The van der Waals surface area contributed by atoms with Gasteiger partial charge in [-0.25, -0.2) is 0 Å². The molecule has 0 heterocycles. The number of hydrogen-bond donors (Lipinski definition) is 1. The Morgan fingerprint density at radius 1 is 0.833 bits per heavy atom. The lowest BCUT2D eigenvalue weighted by molar-refractivity contribution is 0.0476. The van der Waals surface area contributed by atoms with E-state index in [0.29, 0.717) is 0 Å². The molecule has 0 aliphatic heterocycles. The highest BCUT2D eigenvalue weighted by molar-refractivity contribution is 5.43. The smallest absolute Gasteiger partial charge is 0.121 e. The van der Waals surface area contributed by atoms with Crippen LogP contribution in [0.5, 0.6) is 5.75 Å². The van der Waals surface area contributed by atoms with Crippen LogP contribution >= 0.6 is 0 Å². The monoisotopic (exact) mass is 403 g/mol. The van der Waals surface area contributed by atoms with Crippen molar-refractivity contribution >= 4 is 0 Å². The van der Waals surface area contributed by atoms with E-state index in [1.54, 1.807) is 0 Å². The molecule has 0 radical (unpaired) electrons. The number of nitrogens with zero attached hydrogens (tertiary/aromatic N) is 1. The van der Waals surface area contributed by atoms with Gasteiger partial charge in [-0.05, 0) is 56.3 Å². The van der Waals surface area contributed by atoms with Crippen molar-refractivity contribution in [2.45, 2.75) is 37.9 Å². The molecule has 3 rings (SSSR count). The molecule has 0 aliphatic carbocycles. The van der Waals surface area contributed by atoms with Crippen LogP contribution in [0.4, 0.5) is 0 Å². The summed E-state index contributed by atoms with van der Waals surface area (Å²) < 4.78 is 6.05. The summed E-state index contributed by atoms with van der Waals surface area (Å²) in [6, 6.07) is 28.2. The molecule has 0 saturated carbocycles. The van der Waals surface area contributed by atoms with Crippen LogP contribution in [-0.4, -0.2) is 36.8 Å². The maximum Gasteiger partial charge on any atom is 0.121 e. The summed E-state index contributed by atoms with van der Waals surface area (Å²) in [7, 11) is 4.08. The van der Waals surface area contributed by atoms with Gasteiger partial charge in [0.15, 0.2) is 0 Å². The zero-order valence-corrected chi connectivity index (χ0v) is 18.5. The average molecular weight is 404 g/mol. The third kappa shape index (κ3) is 4.92. The Labute approximate surface area is 180 Å². The topological polar surface area (TPSA) is 32.7 Å². The van der Waals surface area contributed by atoms with Gasteiger partial charge in [-0.15, -0.1) is 0 Å². The van der Waals surface area contributed by atoms with Crippen molar-refractivity contribution in [3.8, 4) is 5.75 Å². The zero-order valence-electron chi connectivity index (χ0n) is 18.5. The van der Waals surface area contributed by atoms with E-state index in [1.807, 2.05) is 86.9 Å². The standard InChI is InChI=1S/C27H33NO2/c1-5-26(22-12-8-6-9-13-22)27(29,23-14-10-7-11-15-23)24-16-18-25(19-17-24)30-21(2)20-28(3)4/h6-19,21,26,29H,5,20H2,1-4H3. The van der Waals surface area contributed by atoms with Gasteiger partial charge in [-0.2, -0.15) is 0 Å². The molecule has 0 spiro atoms. The van der Waals surface area contributed by atoms with Gasteiger partial charge in [0.2, 0.25) is 0 Å². The highest BCUT2D eigenvalue weighted by Crippen LogP contribution is 2.44. The fourth-order valence-electron chi connectivity index (χ4n) is 4.29. The molecule has 3 unspecified atom stereocenters. The molecule has 0 amide bonds. The minimum Gasteiger partial charge on any atom is -0.489 e. The quantitative estimate of drug-likeness (QED) is 0.516. The second kappa shape index (κ2) is 9.92. The fraction of sp³-hybridized carbons (Fsp3) is 0.333. The molecule has 3 heteroatoms. The SMILES string of the molecule is CCC(c1ccccc1)C(O)(c1ccccc1)c1ccc(OC(C)CN(C)C)cc1. The van der Waals surface area contributed by atoms with E-state index in [1.165, 1.54) is 0 Å². The first-order valence-corrected chi connectivity index (χ1v) is 10.7. The van der Waals surface area contributed by atoms with Crippen LogP contribution in [0.3, 0.4) is 0 Å². The second-order valence-electron chi connectivity index (χ2n) is 8.22. The summed E-state index contributed by atoms with van der Waals surface area (Å²) in [4.78, 5) is 2.11. The lowest BCUT2D eigenvalue weighted by Gasteiger charge is -2.37. The Morgan fingerprint density at radius 3 is 1.90 bits per heavy atom. The van der Waals surface area contributed by atoms with Gasteiger partial charge in [0, 0.05) is 12.5 Å². The van der Waals surface area contributed by atoms with Crippen molar-refractivity contribution < 1.29 is 9.84 Å². The van der Waals surface area contributed by atoms with Gasteiger partial charge in [0.05, 0.1) is 0 Å². The number of ether oxygens (including phenoxy) is 1. The summed E-state index contributed by atoms with van der Waals surface area (Å²) in [5.41, 5.74) is 1.77. The molecule has 1 N–H and O–H groups in total. The molecule has 0 aromatic heterocycles. The summed E-state index contributed by atoms with van der Waals surface area (Å²) in [6.07, 6.45) is 0.902. The molecule has 0 aliphatic rings. The van der Waals surface area contributed by atoms with Gasteiger partial charge in [0.25, 0.3) is 0 Å². The van der Waals surface area contributed by atoms with Gasteiger partial charge in [-0.3, -0.25) is 0 Å². The van der Waals surface area contributed by atoms with E-state index in [2.05, 4.69) is 30.9 Å². The summed E-state index contributed by atoms with van der Waals surface area (Å²) in [6.45, 7) is 5.05. The minimum atomic E-state index is -1.13. The van der Waals surface area contributed by atoms with E-state index >= 15 is 0 Å². The Bertz CT molecular complexity index is 893. The largest absolute Gasteiger partial charge is 0.489 e. The van der Waals surface area contributed by atoms with Gasteiger partial charge in [0.1, 0.15) is 17.5 Å². The Balaban J connectivity index is 1.99. The molecule has 3 aromatic carbocycles. The molecule has 3 atom stereocenters. The highest BCUT2D eigenvalue weighted by atomic mass is 16.5. The van der Waals surface area contributed by atoms with E-state index in [9.17, 15) is 5.11 Å². The van der Waals surface area contributed by atoms with Crippen molar-refractivity contribution in [2.75, 3.05) is 20.6 Å². The van der Waals surface area contributed by atoms with Crippen LogP contribution in [0.15, 0.2) is 84.9 Å². The number of hydrogen-bond acceptors (Lipinski definition) is 3. The summed E-state index contributed by atoms with van der Waals surface area (Å²) in [5, 5.41) is 12.2. The van der Waals surface area contributed by atoms with Gasteiger partial charge in [-0.1, -0.05) is 79.7 Å². The molecular weight excluding hydrogens is 370 g/mol. The van der Waals surface area contributed by atoms with Crippen molar-refractivity contribution in [2.24, 2.45) is 0 Å². The lowest BCUT2D eigenvalue weighted by Crippen LogP contribution is -2.35. The number of likely N-dealkylation sites (N-methyl/N-ethyl adjacent to an activating group) is 1. The molecular formula is C27H33NO2. The van der Waals surface area contributed by atoms with Crippen molar-refractivity contribution in [3.05, 3.63) is 102 Å². The van der Waals surface area contributed by atoms with Crippen LogP contribution in [0.1, 0.15) is 42.9 Å². The molecule has 0 fully saturated rings. The Hall–Kier alpha value is -2.62. The normalized spacial score (nSPS) is 15.4. The van der Waals surface area contributed by atoms with Crippen molar-refractivity contribution in [3.63, 3.8) is 0 Å². The second-order valence-corrected chi connectivity index (χ2v) is 8.22. The Morgan fingerprint density at radius 2 is 1.37 bits per heavy atom. The van der Waals surface area contributed by atoms with Crippen LogP contribution in [0.25, 0.3) is 0 Å². The molecule has 3 nitrogen and oxygen atoms in total.